The molecule has 0 aliphatic heterocycles. The third-order valence-corrected chi connectivity index (χ3v) is 4.95. The molecule has 6 heteroatoms. The maximum Gasteiger partial charge on any atom is 0.243 e. The highest BCUT2D eigenvalue weighted by molar-refractivity contribution is 5.94. The van der Waals surface area contributed by atoms with E-state index in [1.54, 1.807) is 24.3 Å². The van der Waals surface area contributed by atoms with Crippen LogP contribution in [0.5, 0.6) is 5.75 Å². The fraction of sp³-hybridized carbons (Fsp3) is 0.240. The molecule has 0 saturated carbocycles. The average molecular weight is 421 g/mol. The highest BCUT2D eigenvalue weighted by Gasteiger charge is 2.14. The molecule has 4 N–H and O–H groups in total. The number of ether oxygens (including phenoxy) is 1. The summed E-state index contributed by atoms with van der Waals surface area (Å²) in [4.78, 5) is 15.7. The number of carbonyl (C=O) groups excluding carboxylic acids is 1. The van der Waals surface area contributed by atoms with Crippen LogP contribution >= 0.6 is 0 Å². The van der Waals surface area contributed by atoms with Gasteiger partial charge in [0.1, 0.15) is 18.4 Å². The van der Waals surface area contributed by atoms with Gasteiger partial charge in [0.25, 0.3) is 0 Å². The van der Waals surface area contributed by atoms with E-state index in [9.17, 15) is 4.79 Å². The molecule has 1 unspecified atom stereocenters. The van der Waals surface area contributed by atoms with E-state index in [-0.39, 0.29) is 12.7 Å². The summed E-state index contributed by atoms with van der Waals surface area (Å²) >= 11 is 0. The standard InChI is InChI=1S/C25H28N2O4/c1-18(7-8-19-9-11-21(12-10-19)20-5-3-2-4-6-20)31-23-15-13-22(14-16-23)27-25(28)24(26)17-30-29/h2-6,9-16,18,24,29H,7-8,17,26H2,1H3,(H,27,28)/t18?,24-/m0/s1. The summed E-state index contributed by atoms with van der Waals surface area (Å²) in [5.74, 6) is 0.294. The second-order valence-electron chi connectivity index (χ2n) is 7.45. The highest BCUT2D eigenvalue weighted by Crippen LogP contribution is 2.21. The van der Waals surface area contributed by atoms with Crippen molar-refractivity contribution in [3.8, 4) is 16.9 Å². The maximum atomic E-state index is 11.8. The van der Waals surface area contributed by atoms with Crippen molar-refractivity contribution in [2.75, 3.05) is 11.9 Å². The zero-order valence-corrected chi connectivity index (χ0v) is 17.5. The first-order valence-electron chi connectivity index (χ1n) is 10.3. The van der Waals surface area contributed by atoms with Crippen molar-refractivity contribution in [1.29, 1.82) is 0 Å². The van der Waals surface area contributed by atoms with E-state index < -0.39 is 11.9 Å². The zero-order valence-electron chi connectivity index (χ0n) is 17.5. The van der Waals surface area contributed by atoms with Crippen LogP contribution in [-0.2, 0) is 16.1 Å². The lowest BCUT2D eigenvalue weighted by molar-refractivity contribution is -0.244. The van der Waals surface area contributed by atoms with Gasteiger partial charge in [0.05, 0.1) is 6.10 Å². The third-order valence-electron chi connectivity index (χ3n) is 4.95. The predicted octanol–water partition coefficient (Wildman–Crippen LogP) is 4.51. The Labute approximate surface area is 182 Å². The summed E-state index contributed by atoms with van der Waals surface area (Å²) in [7, 11) is 0. The van der Waals surface area contributed by atoms with Crippen molar-refractivity contribution in [3.05, 3.63) is 84.4 Å². The topological polar surface area (TPSA) is 93.8 Å². The van der Waals surface area contributed by atoms with E-state index in [0.29, 0.717) is 5.69 Å². The van der Waals surface area contributed by atoms with Gasteiger partial charge in [-0.1, -0.05) is 54.6 Å². The zero-order chi connectivity index (χ0) is 22.1. The minimum Gasteiger partial charge on any atom is -0.491 e. The van der Waals surface area contributed by atoms with E-state index in [1.807, 2.05) is 25.1 Å². The van der Waals surface area contributed by atoms with Gasteiger partial charge in [0.15, 0.2) is 0 Å². The van der Waals surface area contributed by atoms with Crippen molar-refractivity contribution in [1.82, 2.24) is 0 Å². The molecule has 0 radical (unpaired) electrons. The number of carbonyl (C=O) groups is 1. The first-order chi connectivity index (χ1) is 15.0. The Kier molecular flexibility index (Phi) is 8.18. The van der Waals surface area contributed by atoms with E-state index >= 15 is 0 Å². The molecule has 2 atom stereocenters. The van der Waals surface area contributed by atoms with Gasteiger partial charge in [0.2, 0.25) is 5.91 Å². The normalized spacial score (nSPS) is 12.7. The smallest absolute Gasteiger partial charge is 0.243 e. The largest absolute Gasteiger partial charge is 0.491 e. The lowest BCUT2D eigenvalue weighted by Crippen LogP contribution is -2.39. The van der Waals surface area contributed by atoms with Crippen LogP contribution in [0.4, 0.5) is 5.69 Å². The number of hydrogen-bond acceptors (Lipinski definition) is 5. The molecule has 0 aliphatic carbocycles. The van der Waals surface area contributed by atoms with Gasteiger partial charge in [-0.25, -0.2) is 4.89 Å². The first kappa shape index (κ1) is 22.5. The van der Waals surface area contributed by atoms with Crippen molar-refractivity contribution in [2.45, 2.75) is 31.9 Å². The van der Waals surface area contributed by atoms with Gasteiger partial charge in [-0.2, -0.15) is 0 Å². The summed E-state index contributed by atoms with van der Waals surface area (Å²) in [5, 5.41) is 11.0. The van der Waals surface area contributed by atoms with E-state index in [2.05, 4.69) is 46.6 Å². The fourth-order valence-electron chi connectivity index (χ4n) is 3.16. The number of anilines is 1. The number of benzene rings is 3. The number of nitrogens with one attached hydrogen (secondary N) is 1. The molecule has 0 aromatic heterocycles. The van der Waals surface area contributed by atoms with Gasteiger partial charge >= 0.3 is 0 Å². The molecule has 31 heavy (non-hydrogen) atoms. The molecule has 0 heterocycles. The molecule has 3 aromatic carbocycles. The van der Waals surface area contributed by atoms with E-state index in [1.165, 1.54) is 16.7 Å². The van der Waals surface area contributed by atoms with Crippen LogP contribution in [0.2, 0.25) is 0 Å². The second kappa shape index (κ2) is 11.3. The van der Waals surface area contributed by atoms with Crippen LogP contribution in [-0.4, -0.2) is 29.9 Å². The van der Waals surface area contributed by atoms with Crippen LogP contribution in [0.3, 0.4) is 0 Å². The van der Waals surface area contributed by atoms with Crippen LogP contribution in [0.1, 0.15) is 18.9 Å². The van der Waals surface area contributed by atoms with Crippen molar-refractivity contribution < 1.29 is 19.7 Å². The van der Waals surface area contributed by atoms with Crippen molar-refractivity contribution in [3.63, 3.8) is 0 Å². The van der Waals surface area contributed by atoms with Gasteiger partial charge in [-0.3, -0.25) is 10.1 Å². The van der Waals surface area contributed by atoms with Crippen molar-refractivity contribution >= 4 is 11.6 Å². The van der Waals surface area contributed by atoms with Gasteiger partial charge in [0, 0.05) is 5.69 Å². The molecule has 0 fully saturated rings. The molecular formula is C25H28N2O4. The van der Waals surface area contributed by atoms with E-state index in [4.69, 9.17) is 15.7 Å². The molecule has 3 aromatic rings. The number of nitrogens with two attached hydrogens (primary N) is 1. The number of hydrogen-bond donors (Lipinski definition) is 3. The SMILES string of the molecule is CC(CCc1ccc(-c2ccccc2)cc1)Oc1ccc(NC(=O)[C@@H](N)COO)cc1. The third kappa shape index (κ3) is 6.93. The minimum absolute atomic E-state index is 0.0457. The number of amides is 1. The Morgan fingerprint density at radius 3 is 2.26 bits per heavy atom. The second-order valence-corrected chi connectivity index (χ2v) is 7.45. The Morgan fingerprint density at radius 2 is 1.61 bits per heavy atom. The van der Waals surface area contributed by atoms with Gasteiger partial charge in [-0.15, -0.1) is 0 Å². The molecule has 6 nitrogen and oxygen atoms in total. The predicted molar refractivity (Wildman–Crippen MR) is 122 cm³/mol. The van der Waals surface area contributed by atoms with Crippen LogP contribution in [0.25, 0.3) is 11.1 Å². The highest BCUT2D eigenvalue weighted by atomic mass is 17.1. The number of rotatable bonds is 10. The monoisotopic (exact) mass is 420 g/mol. The molecule has 0 saturated heterocycles. The Bertz CT molecular complexity index is 944. The lowest BCUT2D eigenvalue weighted by atomic mass is 10.0. The molecule has 0 spiro atoms. The van der Waals surface area contributed by atoms with Crippen LogP contribution < -0.4 is 15.8 Å². The van der Waals surface area contributed by atoms with Gasteiger partial charge in [-0.05, 0) is 60.7 Å². The maximum absolute atomic E-state index is 11.8. The molecule has 1 amide bonds. The summed E-state index contributed by atoms with van der Waals surface area (Å²) < 4.78 is 5.98. The Morgan fingerprint density at radius 1 is 0.968 bits per heavy atom. The molecule has 0 aliphatic rings. The quantitative estimate of drug-likeness (QED) is 0.331. The van der Waals surface area contributed by atoms with E-state index in [0.717, 1.165) is 18.6 Å². The number of aryl methyl sites for hydroxylation is 1. The van der Waals surface area contributed by atoms with Gasteiger partial charge < -0.3 is 15.8 Å². The van der Waals surface area contributed by atoms with Crippen LogP contribution in [0, 0.1) is 0 Å². The fourth-order valence-corrected chi connectivity index (χ4v) is 3.16. The Balaban J connectivity index is 1.46. The Hall–Kier alpha value is -3.19. The van der Waals surface area contributed by atoms with Crippen LogP contribution in [0.15, 0.2) is 78.9 Å². The molecule has 3 rings (SSSR count). The lowest BCUT2D eigenvalue weighted by Gasteiger charge is -2.16. The first-order valence-corrected chi connectivity index (χ1v) is 10.3. The minimum atomic E-state index is -0.942. The molecule has 0 bridgehead atoms. The average Bonchev–Trinajstić information content (AvgIpc) is 2.80. The molecule has 162 valence electrons. The molecular weight excluding hydrogens is 392 g/mol. The summed E-state index contributed by atoms with van der Waals surface area (Å²) in [6, 6.07) is 25.1. The summed E-state index contributed by atoms with van der Waals surface area (Å²) in [6.07, 6.45) is 1.86. The van der Waals surface area contributed by atoms with Crippen molar-refractivity contribution in [2.24, 2.45) is 5.73 Å². The summed E-state index contributed by atoms with van der Waals surface area (Å²) in [6.45, 7) is 1.78. The summed E-state index contributed by atoms with van der Waals surface area (Å²) in [5.41, 5.74) is 9.87.